The van der Waals surface area contributed by atoms with Crippen LogP contribution in [0.15, 0.2) is 47.2 Å². The Morgan fingerprint density at radius 3 is 2.50 bits per heavy atom. The van der Waals surface area contributed by atoms with Gasteiger partial charge in [-0.15, -0.1) is 0 Å². The summed E-state index contributed by atoms with van der Waals surface area (Å²) in [5.74, 6) is 1.61. The molecule has 1 atom stereocenters. The van der Waals surface area contributed by atoms with Crippen molar-refractivity contribution in [2.24, 2.45) is 5.92 Å². The van der Waals surface area contributed by atoms with E-state index in [1.165, 1.54) is 18.4 Å². The summed E-state index contributed by atoms with van der Waals surface area (Å²) >= 11 is 3.36. The number of benzene rings is 1. The third-order valence-electron chi connectivity index (χ3n) is 3.62. The summed E-state index contributed by atoms with van der Waals surface area (Å²) in [7, 11) is 1.69. The van der Waals surface area contributed by atoms with Crippen molar-refractivity contribution in [2.45, 2.75) is 18.9 Å². The molecule has 2 aromatic rings. The predicted molar refractivity (Wildman–Crippen MR) is 84.0 cm³/mol. The number of rotatable bonds is 5. The van der Waals surface area contributed by atoms with Crippen molar-refractivity contribution in [2.75, 3.05) is 12.4 Å². The molecule has 0 saturated heterocycles. The van der Waals surface area contributed by atoms with Gasteiger partial charge < -0.3 is 10.1 Å². The lowest BCUT2D eigenvalue weighted by molar-refractivity contribution is 0.414. The summed E-state index contributed by atoms with van der Waals surface area (Å²) in [4.78, 5) is 4.27. The number of methoxy groups -OCH3 is 1. The third-order valence-corrected chi connectivity index (χ3v) is 4.09. The molecule has 0 spiro atoms. The average molecular weight is 333 g/mol. The molecule has 0 radical (unpaired) electrons. The molecule has 1 unspecified atom stereocenters. The van der Waals surface area contributed by atoms with Crippen LogP contribution in [0.5, 0.6) is 5.75 Å². The molecule has 1 saturated carbocycles. The molecule has 3 nitrogen and oxygen atoms in total. The predicted octanol–water partition coefficient (Wildman–Crippen LogP) is 4.42. The molecule has 1 fully saturated rings. The topological polar surface area (TPSA) is 34.1 Å². The highest BCUT2D eigenvalue weighted by molar-refractivity contribution is 9.10. The smallest absolute Gasteiger partial charge is 0.118 e. The quantitative estimate of drug-likeness (QED) is 0.823. The first-order valence-electron chi connectivity index (χ1n) is 6.78. The number of hydrogen-bond acceptors (Lipinski definition) is 3. The maximum Gasteiger partial charge on any atom is 0.118 e. The minimum Gasteiger partial charge on any atom is -0.497 e. The van der Waals surface area contributed by atoms with Crippen LogP contribution in [0.1, 0.15) is 24.4 Å². The van der Waals surface area contributed by atoms with E-state index in [-0.39, 0.29) is 0 Å². The van der Waals surface area contributed by atoms with E-state index in [1.807, 2.05) is 24.4 Å². The lowest BCUT2D eigenvalue weighted by atomic mass is 10.0. The number of hydrogen-bond donors (Lipinski definition) is 1. The maximum atomic E-state index is 5.22. The summed E-state index contributed by atoms with van der Waals surface area (Å²) < 4.78 is 6.08. The minimum atomic E-state index is 0.351. The van der Waals surface area contributed by atoms with Crippen LogP contribution in [0.3, 0.4) is 0 Å². The molecular weight excluding hydrogens is 316 g/mol. The van der Waals surface area contributed by atoms with E-state index in [4.69, 9.17) is 4.74 Å². The Balaban J connectivity index is 1.79. The number of halogens is 1. The van der Waals surface area contributed by atoms with Gasteiger partial charge in [-0.3, -0.25) is 0 Å². The number of pyridine rings is 1. The molecule has 0 amide bonds. The van der Waals surface area contributed by atoms with Crippen LogP contribution in [0.25, 0.3) is 0 Å². The number of ether oxygens (including phenoxy) is 1. The first kappa shape index (κ1) is 13.4. The largest absolute Gasteiger partial charge is 0.497 e. The van der Waals surface area contributed by atoms with Gasteiger partial charge in [0.15, 0.2) is 0 Å². The van der Waals surface area contributed by atoms with Crippen LogP contribution in [-0.4, -0.2) is 12.1 Å². The van der Waals surface area contributed by atoms with Gasteiger partial charge in [-0.25, -0.2) is 4.98 Å². The molecule has 1 aromatic heterocycles. The fourth-order valence-corrected chi connectivity index (χ4v) is 2.59. The Morgan fingerprint density at radius 2 is 1.95 bits per heavy atom. The standard InChI is InChI=1S/C16H17BrN2O/c1-20-14-7-4-12(5-8-14)16(11-2-3-11)19-13-6-9-15(17)18-10-13/h4-11,16,19H,2-3H2,1H3. The van der Waals surface area contributed by atoms with Crippen molar-refractivity contribution in [3.63, 3.8) is 0 Å². The summed E-state index contributed by atoms with van der Waals surface area (Å²) in [5.41, 5.74) is 2.36. The zero-order valence-corrected chi connectivity index (χ0v) is 12.9. The number of aromatic nitrogens is 1. The van der Waals surface area contributed by atoms with E-state index in [0.29, 0.717) is 12.0 Å². The van der Waals surface area contributed by atoms with Crippen LogP contribution in [0, 0.1) is 5.92 Å². The molecule has 1 aliphatic rings. The van der Waals surface area contributed by atoms with Crippen molar-refractivity contribution in [1.82, 2.24) is 4.98 Å². The average Bonchev–Trinajstić information content (AvgIpc) is 3.31. The highest BCUT2D eigenvalue weighted by Gasteiger charge is 2.32. The lowest BCUT2D eigenvalue weighted by Crippen LogP contribution is -2.13. The first-order valence-corrected chi connectivity index (χ1v) is 7.57. The second-order valence-corrected chi connectivity index (χ2v) is 5.91. The van der Waals surface area contributed by atoms with E-state index >= 15 is 0 Å². The molecule has 3 rings (SSSR count). The highest BCUT2D eigenvalue weighted by Crippen LogP contribution is 2.43. The van der Waals surface area contributed by atoms with Crippen LogP contribution < -0.4 is 10.1 Å². The van der Waals surface area contributed by atoms with Crippen molar-refractivity contribution < 1.29 is 4.74 Å². The van der Waals surface area contributed by atoms with Crippen LogP contribution >= 0.6 is 15.9 Å². The van der Waals surface area contributed by atoms with Crippen molar-refractivity contribution in [1.29, 1.82) is 0 Å². The fourth-order valence-electron chi connectivity index (χ4n) is 2.35. The zero-order chi connectivity index (χ0) is 13.9. The van der Waals surface area contributed by atoms with Crippen LogP contribution in [0.2, 0.25) is 0 Å². The SMILES string of the molecule is COc1ccc(C(Nc2ccc(Br)nc2)C2CC2)cc1. The molecule has 1 heterocycles. The van der Waals surface area contributed by atoms with Gasteiger partial charge in [-0.2, -0.15) is 0 Å². The van der Waals surface area contributed by atoms with Gasteiger partial charge in [0, 0.05) is 0 Å². The Hall–Kier alpha value is -1.55. The highest BCUT2D eigenvalue weighted by atomic mass is 79.9. The zero-order valence-electron chi connectivity index (χ0n) is 11.3. The van der Waals surface area contributed by atoms with Gasteiger partial charge in [0.05, 0.1) is 25.0 Å². The fraction of sp³-hybridized carbons (Fsp3) is 0.312. The van der Waals surface area contributed by atoms with E-state index in [2.05, 4.69) is 44.4 Å². The monoisotopic (exact) mass is 332 g/mol. The Kier molecular flexibility index (Phi) is 3.92. The van der Waals surface area contributed by atoms with Crippen molar-refractivity contribution in [3.05, 3.63) is 52.8 Å². The van der Waals surface area contributed by atoms with Crippen LogP contribution in [-0.2, 0) is 0 Å². The molecule has 1 N–H and O–H groups in total. The molecule has 0 aliphatic heterocycles. The summed E-state index contributed by atoms with van der Waals surface area (Å²) in [6, 6.07) is 12.7. The normalized spacial score (nSPS) is 15.7. The third kappa shape index (κ3) is 3.12. The van der Waals surface area contributed by atoms with Gasteiger partial charge in [0.1, 0.15) is 10.4 Å². The Bertz CT molecular complexity index is 564. The number of anilines is 1. The first-order chi connectivity index (χ1) is 9.76. The van der Waals surface area contributed by atoms with E-state index < -0.39 is 0 Å². The molecule has 20 heavy (non-hydrogen) atoms. The summed E-state index contributed by atoms with van der Waals surface area (Å²) in [6.07, 6.45) is 4.43. The summed E-state index contributed by atoms with van der Waals surface area (Å²) in [5, 5.41) is 3.60. The van der Waals surface area contributed by atoms with E-state index in [0.717, 1.165) is 16.0 Å². The molecular formula is C16H17BrN2O. The molecule has 4 heteroatoms. The minimum absolute atomic E-state index is 0.351. The van der Waals surface area contributed by atoms with Crippen molar-refractivity contribution in [3.8, 4) is 5.75 Å². The van der Waals surface area contributed by atoms with Gasteiger partial charge in [0.25, 0.3) is 0 Å². The van der Waals surface area contributed by atoms with Crippen LogP contribution in [0.4, 0.5) is 5.69 Å². The number of nitrogens with zero attached hydrogens (tertiary/aromatic N) is 1. The Morgan fingerprint density at radius 1 is 1.20 bits per heavy atom. The second-order valence-electron chi connectivity index (χ2n) is 5.10. The van der Waals surface area contributed by atoms with E-state index in [1.54, 1.807) is 7.11 Å². The van der Waals surface area contributed by atoms with Gasteiger partial charge in [-0.1, -0.05) is 12.1 Å². The second kappa shape index (κ2) is 5.83. The maximum absolute atomic E-state index is 5.22. The number of nitrogens with one attached hydrogen (secondary N) is 1. The van der Waals surface area contributed by atoms with Gasteiger partial charge in [-0.05, 0) is 64.5 Å². The van der Waals surface area contributed by atoms with Gasteiger partial charge in [0.2, 0.25) is 0 Å². The lowest BCUT2D eigenvalue weighted by Gasteiger charge is -2.20. The molecule has 104 valence electrons. The Labute approximate surface area is 127 Å². The summed E-state index contributed by atoms with van der Waals surface area (Å²) in [6.45, 7) is 0. The molecule has 1 aromatic carbocycles. The molecule has 0 bridgehead atoms. The molecule has 1 aliphatic carbocycles. The van der Waals surface area contributed by atoms with Crippen molar-refractivity contribution >= 4 is 21.6 Å². The van der Waals surface area contributed by atoms with Gasteiger partial charge >= 0.3 is 0 Å². The van der Waals surface area contributed by atoms with E-state index in [9.17, 15) is 0 Å².